The van der Waals surface area contributed by atoms with Gasteiger partial charge in [0, 0.05) is 31.0 Å². The van der Waals surface area contributed by atoms with Gasteiger partial charge in [0.15, 0.2) is 0 Å². The molecule has 1 amide bonds. The van der Waals surface area contributed by atoms with E-state index in [9.17, 15) is 9.59 Å². The topological polar surface area (TPSA) is 71.8 Å². The third kappa shape index (κ3) is 2.92. The smallest absolute Gasteiger partial charge is 0.306 e. The molecule has 0 aliphatic carbocycles. The first-order valence-corrected chi connectivity index (χ1v) is 7.72. The summed E-state index contributed by atoms with van der Waals surface area (Å²) < 4.78 is 7.19. The number of carboxylic acid groups (broad SMARTS) is 1. The highest BCUT2D eigenvalue weighted by molar-refractivity contribution is 6.38. The molecule has 1 N–H and O–H groups in total. The van der Waals surface area contributed by atoms with E-state index >= 15 is 0 Å². The standard InChI is InChI=1S/C16H17ClN2O4/c1-18-12-5-3-2-4-11(12)14(17)15(18)16(22)19-6-7-23-10(9-19)8-13(20)21/h2-5,10H,6-9H2,1H3,(H,20,21)/t10-/m0/s1. The van der Waals surface area contributed by atoms with Crippen molar-refractivity contribution in [2.24, 2.45) is 7.05 Å². The van der Waals surface area contributed by atoms with Gasteiger partial charge in [0.05, 0.1) is 24.2 Å². The quantitative estimate of drug-likeness (QED) is 0.932. The molecule has 1 aromatic carbocycles. The van der Waals surface area contributed by atoms with Gasteiger partial charge >= 0.3 is 5.97 Å². The number of halogens is 1. The van der Waals surface area contributed by atoms with Crippen LogP contribution in [0.25, 0.3) is 10.9 Å². The molecule has 6 nitrogen and oxygen atoms in total. The molecule has 0 radical (unpaired) electrons. The fourth-order valence-electron chi connectivity index (χ4n) is 2.96. The molecule has 1 aromatic heterocycles. The third-order valence-electron chi connectivity index (χ3n) is 4.08. The Bertz CT molecular complexity index is 732. The van der Waals surface area contributed by atoms with Gasteiger partial charge in [0.1, 0.15) is 5.69 Å². The van der Waals surface area contributed by atoms with Crippen LogP contribution in [0.3, 0.4) is 0 Å². The van der Waals surface area contributed by atoms with E-state index < -0.39 is 12.1 Å². The van der Waals surface area contributed by atoms with Gasteiger partial charge < -0.3 is 19.3 Å². The maximum absolute atomic E-state index is 12.9. The van der Waals surface area contributed by atoms with E-state index in [2.05, 4.69) is 0 Å². The number of benzene rings is 1. The number of aliphatic carboxylic acids is 1. The lowest BCUT2D eigenvalue weighted by Crippen LogP contribution is -2.46. The van der Waals surface area contributed by atoms with Gasteiger partial charge in [0.2, 0.25) is 0 Å². The monoisotopic (exact) mass is 336 g/mol. The van der Waals surface area contributed by atoms with Crippen LogP contribution in [0.15, 0.2) is 24.3 Å². The number of amides is 1. The summed E-state index contributed by atoms with van der Waals surface area (Å²) in [4.78, 5) is 25.3. The molecule has 1 atom stereocenters. The summed E-state index contributed by atoms with van der Waals surface area (Å²) >= 11 is 6.40. The van der Waals surface area contributed by atoms with E-state index in [0.717, 1.165) is 10.9 Å². The second-order valence-electron chi connectivity index (χ2n) is 5.58. The molecule has 0 spiro atoms. The van der Waals surface area contributed by atoms with Crippen LogP contribution in [0.5, 0.6) is 0 Å². The molecule has 23 heavy (non-hydrogen) atoms. The van der Waals surface area contributed by atoms with E-state index in [1.165, 1.54) is 0 Å². The number of nitrogens with zero attached hydrogens (tertiary/aromatic N) is 2. The molecule has 0 bridgehead atoms. The van der Waals surface area contributed by atoms with Crippen molar-refractivity contribution < 1.29 is 19.4 Å². The molecule has 1 saturated heterocycles. The average molecular weight is 337 g/mol. The van der Waals surface area contributed by atoms with Crippen LogP contribution >= 0.6 is 11.6 Å². The van der Waals surface area contributed by atoms with E-state index in [1.54, 1.807) is 16.5 Å². The molecule has 122 valence electrons. The highest BCUT2D eigenvalue weighted by atomic mass is 35.5. The van der Waals surface area contributed by atoms with Crippen LogP contribution in [0.2, 0.25) is 5.02 Å². The van der Waals surface area contributed by atoms with Gasteiger partial charge in [-0.05, 0) is 6.07 Å². The number of ether oxygens (including phenoxy) is 1. The zero-order chi connectivity index (χ0) is 16.6. The third-order valence-corrected chi connectivity index (χ3v) is 4.46. The Kier molecular flexibility index (Phi) is 4.28. The number of fused-ring (bicyclic) bond motifs is 1. The first-order chi connectivity index (χ1) is 11.0. The number of aromatic nitrogens is 1. The normalized spacial score (nSPS) is 18.3. The van der Waals surface area contributed by atoms with Crippen molar-refractivity contribution in [3.63, 3.8) is 0 Å². The summed E-state index contributed by atoms with van der Waals surface area (Å²) in [5.41, 5.74) is 1.31. The number of rotatable bonds is 3. The Morgan fingerprint density at radius 1 is 1.39 bits per heavy atom. The van der Waals surface area contributed by atoms with E-state index in [-0.39, 0.29) is 18.9 Å². The molecule has 1 aliphatic rings. The van der Waals surface area contributed by atoms with Crippen LogP contribution in [0, 0.1) is 0 Å². The number of hydrogen-bond acceptors (Lipinski definition) is 3. The van der Waals surface area contributed by atoms with E-state index in [1.807, 2.05) is 24.3 Å². The van der Waals surface area contributed by atoms with Crippen LogP contribution < -0.4 is 0 Å². The summed E-state index contributed by atoms with van der Waals surface area (Å²) in [5, 5.41) is 10.1. The minimum absolute atomic E-state index is 0.118. The van der Waals surface area contributed by atoms with Crippen molar-refractivity contribution in [2.45, 2.75) is 12.5 Å². The highest BCUT2D eigenvalue weighted by Gasteiger charge is 2.30. The van der Waals surface area contributed by atoms with Gasteiger partial charge in [-0.1, -0.05) is 29.8 Å². The second-order valence-corrected chi connectivity index (χ2v) is 5.96. The first kappa shape index (κ1) is 15.8. The van der Waals surface area contributed by atoms with Crippen LogP contribution in [-0.2, 0) is 16.6 Å². The van der Waals surface area contributed by atoms with Crippen LogP contribution in [-0.4, -0.2) is 52.3 Å². The summed E-state index contributed by atoms with van der Waals surface area (Å²) in [6.07, 6.45) is -0.606. The van der Waals surface area contributed by atoms with E-state index in [0.29, 0.717) is 23.9 Å². The van der Waals surface area contributed by atoms with Gasteiger partial charge in [-0.25, -0.2) is 0 Å². The Morgan fingerprint density at radius 3 is 2.83 bits per heavy atom. The zero-order valence-electron chi connectivity index (χ0n) is 12.7. The lowest BCUT2D eigenvalue weighted by Gasteiger charge is -2.32. The number of carboxylic acids is 1. The SMILES string of the molecule is Cn1c(C(=O)N2CCO[C@@H](CC(=O)O)C2)c(Cl)c2ccccc21. The van der Waals surface area contributed by atoms with E-state index in [4.69, 9.17) is 21.4 Å². The second kappa shape index (κ2) is 6.22. The maximum Gasteiger partial charge on any atom is 0.306 e. The number of hydrogen-bond donors (Lipinski definition) is 1. The fraction of sp³-hybridized carbons (Fsp3) is 0.375. The van der Waals surface area contributed by atoms with Crippen LogP contribution in [0.4, 0.5) is 0 Å². The van der Waals surface area contributed by atoms with Crippen molar-refractivity contribution in [3.8, 4) is 0 Å². The summed E-state index contributed by atoms with van der Waals surface area (Å²) in [6.45, 7) is 1.00. The number of morpholine rings is 1. The van der Waals surface area contributed by atoms with Gasteiger partial charge in [-0.15, -0.1) is 0 Å². The van der Waals surface area contributed by atoms with Crippen molar-refractivity contribution in [1.29, 1.82) is 0 Å². The molecule has 7 heteroatoms. The molecule has 0 unspecified atom stereocenters. The molecule has 1 fully saturated rings. The summed E-state index contributed by atoms with van der Waals surface area (Å²) in [7, 11) is 1.80. The number of para-hydroxylation sites is 1. The van der Waals surface area contributed by atoms with Crippen LogP contribution in [0.1, 0.15) is 16.9 Å². The number of carbonyl (C=O) groups is 2. The van der Waals surface area contributed by atoms with Crippen molar-refractivity contribution >= 4 is 34.4 Å². The minimum Gasteiger partial charge on any atom is -0.481 e. The van der Waals surface area contributed by atoms with Crippen molar-refractivity contribution in [3.05, 3.63) is 35.0 Å². The highest BCUT2D eigenvalue weighted by Crippen LogP contribution is 2.31. The Labute approximate surface area is 138 Å². The maximum atomic E-state index is 12.9. The number of carbonyl (C=O) groups excluding carboxylic acids is 1. The molecule has 0 saturated carbocycles. The molecular formula is C16H17ClN2O4. The van der Waals surface area contributed by atoms with Crippen molar-refractivity contribution in [2.75, 3.05) is 19.7 Å². The Morgan fingerprint density at radius 2 is 2.13 bits per heavy atom. The lowest BCUT2D eigenvalue weighted by atomic mass is 10.2. The van der Waals surface area contributed by atoms with Gasteiger partial charge in [-0.2, -0.15) is 0 Å². The molecule has 1 aliphatic heterocycles. The fourth-order valence-corrected chi connectivity index (χ4v) is 3.32. The predicted molar refractivity (Wildman–Crippen MR) is 85.8 cm³/mol. The Hall–Kier alpha value is -2.05. The van der Waals surface area contributed by atoms with Gasteiger partial charge in [0.25, 0.3) is 5.91 Å². The minimum atomic E-state index is -0.938. The first-order valence-electron chi connectivity index (χ1n) is 7.34. The molecule has 2 heterocycles. The lowest BCUT2D eigenvalue weighted by molar-refractivity contribution is -0.141. The summed E-state index contributed by atoms with van der Waals surface area (Å²) in [5.74, 6) is -1.14. The number of aryl methyl sites for hydroxylation is 1. The average Bonchev–Trinajstić information content (AvgIpc) is 2.78. The predicted octanol–water partition coefficient (Wildman–Crippen LogP) is 2.15. The molecular weight excluding hydrogens is 320 g/mol. The summed E-state index contributed by atoms with van der Waals surface area (Å²) in [6, 6.07) is 7.55. The largest absolute Gasteiger partial charge is 0.481 e. The molecule has 2 aromatic rings. The van der Waals surface area contributed by atoms with Gasteiger partial charge in [-0.3, -0.25) is 9.59 Å². The zero-order valence-corrected chi connectivity index (χ0v) is 13.4. The Balaban J connectivity index is 1.90. The van der Waals surface area contributed by atoms with Crippen molar-refractivity contribution in [1.82, 2.24) is 9.47 Å². The molecule has 3 rings (SSSR count).